The van der Waals surface area contributed by atoms with Gasteiger partial charge in [-0.1, -0.05) is 18.2 Å². The van der Waals surface area contributed by atoms with Crippen LogP contribution >= 0.6 is 0 Å². The van der Waals surface area contributed by atoms with Crippen LogP contribution in [-0.2, 0) is 0 Å². The van der Waals surface area contributed by atoms with Crippen LogP contribution in [0, 0.1) is 0 Å². The summed E-state index contributed by atoms with van der Waals surface area (Å²) in [6.07, 6.45) is 3.55. The zero-order chi connectivity index (χ0) is 15.8. The molecule has 1 unspecified atom stereocenters. The molecule has 3 heterocycles. The number of likely N-dealkylation sites (N-methyl/N-ethyl adjacent to an activating group) is 1. The van der Waals surface area contributed by atoms with Crippen molar-refractivity contribution >= 4 is 16.8 Å². The van der Waals surface area contributed by atoms with E-state index in [2.05, 4.69) is 32.1 Å². The number of piperazine rings is 1. The average molecular weight is 310 g/mol. The second kappa shape index (κ2) is 5.51. The smallest absolute Gasteiger partial charge is 0.275 e. The Bertz CT molecular complexity index is 824. The molecule has 1 fully saturated rings. The lowest BCUT2D eigenvalue weighted by molar-refractivity contribution is 0.0531. The molecule has 1 aliphatic rings. The number of carbonyl (C=O) groups is 1. The van der Waals surface area contributed by atoms with Crippen molar-refractivity contribution in [2.24, 2.45) is 0 Å². The zero-order valence-electron chi connectivity index (χ0n) is 12.9. The number of aromatic nitrogens is 4. The van der Waals surface area contributed by atoms with Crippen molar-refractivity contribution in [3.05, 3.63) is 48.2 Å². The first-order valence-electron chi connectivity index (χ1n) is 7.66. The number of benzene rings is 1. The molecule has 0 bridgehead atoms. The first-order chi connectivity index (χ1) is 11.2. The summed E-state index contributed by atoms with van der Waals surface area (Å²) in [5.41, 5.74) is 1.37. The molecular weight excluding hydrogens is 292 g/mol. The van der Waals surface area contributed by atoms with Crippen LogP contribution in [0.4, 0.5) is 0 Å². The van der Waals surface area contributed by atoms with Gasteiger partial charge in [0.15, 0.2) is 5.69 Å². The normalized spacial score (nSPS) is 19.3. The second-order valence-electron chi connectivity index (χ2n) is 5.84. The number of para-hydroxylation sites is 1. The molecule has 1 amide bonds. The number of aromatic amines is 2. The van der Waals surface area contributed by atoms with E-state index in [4.69, 9.17) is 0 Å². The van der Waals surface area contributed by atoms with Gasteiger partial charge < -0.3 is 9.88 Å². The highest BCUT2D eigenvalue weighted by atomic mass is 16.2. The fourth-order valence-corrected chi connectivity index (χ4v) is 3.09. The van der Waals surface area contributed by atoms with E-state index in [-0.39, 0.29) is 11.9 Å². The fourth-order valence-electron chi connectivity index (χ4n) is 3.09. The van der Waals surface area contributed by atoms with Gasteiger partial charge in [-0.3, -0.25) is 14.8 Å². The van der Waals surface area contributed by atoms with E-state index >= 15 is 0 Å². The number of amides is 1. The molecule has 7 heteroatoms. The number of nitrogens with one attached hydrogen (secondary N) is 2. The summed E-state index contributed by atoms with van der Waals surface area (Å²) in [6, 6.07) is 7.77. The maximum atomic E-state index is 12.9. The molecule has 7 nitrogen and oxygen atoms in total. The average Bonchev–Trinajstić information content (AvgIpc) is 3.24. The zero-order valence-corrected chi connectivity index (χ0v) is 12.9. The summed E-state index contributed by atoms with van der Waals surface area (Å²) in [7, 11) is 2.05. The molecule has 0 aliphatic carbocycles. The number of H-pyrrole nitrogens is 2. The molecule has 3 aromatic rings. The molecule has 0 saturated carbocycles. The Morgan fingerprint density at radius 3 is 3.00 bits per heavy atom. The predicted molar refractivity (Wildman–Crippen MR) is 86.0 cm³/mol. The standard InChI is InChI=1S/C16H18N6O/c1-21-8-9-22(10-13(21)15-17-6-7-18-15)16(23)14-11-4-2-3-5-12(11)19-20-14/h2-7,13H,8-10H2,1H3,(H,17,18)(H,19,20). The summed E-state index contributed by atoms with van der Waals surface area (Å²) in [5.74, 6) is 0.851. The molecule has 2 N–H and O–H groups in total. The number of nitrogens with zero attached hydrogens (tertiary/aromatic N) is 4. The number of imidazole rings is 1. The van der Waals surface area contributed by atoms with Crippen LogP contribution in [0.2, 0.25) is 0 Å². The van der Waals surface area contributed by atoms with Crippen LogP contribution in [0.25, 0.3) is 10.9 Å². The minimum atomic E-state index is -0.0351. The van der Waals surface area contributed by atoms with Crippen molar-refractivity contribution < 1.29 is 4.79 Å². The first kappa shape index (κ1) is 14.0. The molecule has 1 aliphatic heterocycles. The van der Waals surface area contributed by atoms with E-state index in [0.717, 1.165) is 23.3 Å². The van der Waals surface area contributed by atoms with Crippen LogP contribution in [0.15, 0.2) is 36.7 Å². The fraction of sp³-hybridized carbons (Fsp3) is 0.312. The SMILES string of the molecule is CN1CCN(C(=O)c2n[nH]c3ccccc23)CC1c1ncc[nH]1. The van der Waals surface area contributed by atoms with E-state index < -0.39 is 0 Å². The summed E-state index contributed by atoms with van der Waals surface area (Å²) in [6.45, 7) is 2.09. The van der Waals surface area contributed by atoms with Crippen LogP contribution in [-0.4, -0.2) is 62.6 Å². The van der Waals surface area contributed by atoms with Crippen LogP contribution in [0.5, 0.6) is 0 Å². The largest absolute Gasteiger partial charge is 0.347 e. The highest BCUT2D eigenvalue weighted by molar-refractivity contribution is 6.04. The first-order valence-corrected chi connectivity index (χ1v) is 7.66. The molecule has 1 aromatic carbocycles. The van der Waals surface area contributed by atoms with Gasteiger partial charge in [0.2, 0.25) is 0 Å². The monoisotopic (exact) mass is 310 g/mol. The third-order valence-corrected chi connectivity index (χ3v) is 4.44. The van der Waals surface area contributed by atoms with Gasteiger partial charge in [-0.2, -0.15) is 5.10 Å². The van der Waals surface area contributed by atoms with E-state index in [1.54, 1.807) is 6.20 Å². The molecule has 118 valence electrons. The molecule has 23 heavy (non-hydrogen) atoms. The summed E-state index contributed by atoms with van der Waals surface area (Å²) >= 11 is 0. The molecule has 4 rings (SSSR count). The van der Waals surface area contributed by atoms with Gasteiger partial charge in [0.1, 0.15) is 5.82 Å². The highest BCUT2D eigenvalue weighted by Gasteiger charge is 2.31. The summed E-state index contributed by atoms with van der Waals surface area (Å²) in [5, 5.41) is 8.02. The van der Waals surface area contributed by atoms with Gasteiger partial charge in [-0.15, -0.1) is 0 Å². The Morgan fingerprint density at radius 1 is 1.30 bits per heavy atom. The van der Waals surface area contributed by atoms with Crippen molar-refractivity contribution in [1.29, 1.82) is 0 Å². The van der Waals surface area contributed by atoms with E-state index in [1.165, 1.54) is 0 Å². The second-order valence-corrected chi connectivity index (χ2v) is 5.84. The Balaban J connectivity index is 1.61. The van der Waals surface area contributed by atoms with Crippen molar-refractivity contribution in [3.8, 4) is 0 Å². The molecule has 0 radical (unpaired) electrons. The summed E-state index contributed by atoms with van der Waals surface area (Å²) < 4.78 is 0. The molecule has 1 saturated heterocycles. The van der Waals surface area contributed by atoms with Crippen molar-refractivity contribution in [2.75, 3.05) is 26.7 Å². The number of hydrogen-bond donors (Lipinski definition) is 2. The molecule has 1 atom stereocenters. The maximum absolute atomic E-state index is 12.9. The quantitative estimate of drug-likeness (QED) is 0.750. The Kier molecular flexibility index (Phi) is 3.34. The van der Waals surface area contributed by atoms with E-state index in [0.29, 0.717) is 18.8 Å². The topological polar surface area (TPSA) is 80.9 Å². The van der Waals surface area contributed by atoms with Crippen LogP contribution < -0.4 is 0 Å². The Morgan fingerprint density at radius 2 is 2.17 bits per heavy atom. The van der Waals surface area contributed by atoms with E-state index in [9.17, 15) is 4.79 Å². The Hall–Kier alpha value is -2.67. The minimum absolute atomic E-state index is 0.0351. The third-order valence-electron chi connectivity index (χ3n) is 4.44. The van der Waals surface area contributed by atoms with Crippen molar-refractivity contribution in [2.45, 2.75) is 6.04 Å². The lowest BCUT2D eigenvalue weighted by Crippen LogP contribution is -2.49. The lowest BCUT2D eigenvalue weighted by Gasteiger charge is -2.38. The lowest BCUT2D eigenvalue weighted by atomic mass is 10.1. The predicted octanol–water partition coefficient (Wildman–Crippen LogP) is 1.41. The molecule has 0 spiro atoms. The van der Waals surface area contributed by atoms with Crippen LogP contribution in [0.1, 0.15) is 22.4 Å². The van der Waals surface area contributed by atoms with Gasteiger partial charge in [0.25, 0.3) is 5.91 Å². The van der Waals surface area contributed by atoms with Crippen molar-refractivity contribution in [1.82, 2.24) is 30.0 Å². The summed E-state index contributed by atoms with van der Waals surface area (Å²) in [4.78, 5) is 24.4. The number of fused-ring (bicyclic) bond motifs is 1. The van der Waals surface area contributed by atoms with Gasteiger partial charge in [0, 0.05) is 37.4 Å². The Labute approximate surface area is 133 Å². The highest BCUT2D eigenvalue weighted by Crippen LogP contribution is 2.24. The third kappa shape index (κ3) is 2.39. The number of hydrogen-bond acceptors (Lipinski definition) is 4. The van der Waals surface area contributed by atoms with E-state index in [1.807, 2.05) is 35.4 Å². The number of rotatable bonds is 2. The number of carbonyl (C=O) groups excluding carboxylic acids is 1. The molecular formula is C16H18N6O. The van der Waals surface area contributed by atoms with Crippen molar-refractivity contribution in [3.63, 3.8) is 0 Å². The van der Waals surface area contributed by atoms with Gasteiger partial charge in [-0.25, -0.2) is 4.98 Å². The molecule has 2 aromatic heterocycles. The van der Waals surface area contributed by atoms with Gasteiger partial charge >= 0.3 is 0 Å². The maximum Gasteiger partial charge on any atom is 0.275 e. The van der Waals surface area contributed by atoms with Crippen LogP contribution in [0.3, 0.4) is 0 Å². The minimum Gasteiger partial charge on any atom is -0.347 e. The van der Waals surface area contributed by atoms with Gasteiger partial charge in [0.05, 0.1) is 11.6 Å². The van der Waals surface area contributed by atoms with Gasteiger partial charge in [-0.05, 0) is 13.1 Å².